The fourth-order valence-electron chi connectivity index (χ4n) is 3.02. The van der Waals surface area contributed by atoms with Crippen LogP contribution >= 0.6 is 0 Å². The first-order valence-corrected chi connectivity index (χ1v) is 7.13. The predicted octanol–water partition coefficient (Wildman–Crippen LogP) is -1.26. The molecule has 8 nitrogen and oxygen atoms in total. The Bertz CT molecular complexity index is 597. The summed E-state index contributed by atoms with van der Waals surface area (Å²) in [5.74, 6) is -1.18. The molecule has 1 fully saturated rings. The van der Waals surface area contributed by atoms with E-state index >= 15 is 0 Å². The van der Waals surface area contributed by atoms with E-state index in [1.54, 1.807) is 12.1 Å². The number of amides is 2. The molecule has 3 rings (SSSR count). The summed E-state index contributed by atoms with van der Waals surface area (Å²) in [6, 6.07) is 5.07. The minimum atomic E-state index is -1.51. The lowest BCUT2D eigenvalue weighted by Gasteiger charge is -2.44. The standard InChI is InChI=1S/C15H17NO7/c1-22-15-10(12(19)11(18)9(6-17)23-15)16-13(20)7-4-2-3-5-8(7)14(16)21/h2-5,9-12,15,17-19H,6H2,1H3/t9-,10-,11+,12-,15+/m0/s1. The van der Waals surface area contributed by atoms with Crippen molar-refractivity contribution in [3.05, 3.63) is 35.4 Å². The van der Waals surface area contributed by atoms with Crippen molar-refractivity contribution in [1.82, 2.24) is 4.90 Å². The molecular formula is C15H17NO7. The summed E-state index contributed by atoms with van der Waals surface area (Å²) in [6.45, 7) is -0.535. The van der Waals surface area contributed by atoms with Crippen LogP contribution in [0.2, 0.25) is 0 Å². The maximum absolute atomic E-state index is 12.5. The van der Waals surface area contributed by atoms with Crippen molar-refractivity contribution in [2.45, 2.75) is 30.6 Å². The third kappa shape index (κ3) is 2.35. The number of methoxy groups -OCH3 is 1. The fourth-order valence-corrected chi connectivity index (χ4v) is 3.02. The van der Waals surface area contributed by atoms with Crippen LogP contribution in [0, 0.1) is 0 Å². The Hall–Kier alpha value is -1.84. The van der Waals surface area contributed by atoms with Crippen LogP contribution in [0.25, 0.3) is 0 Å². The van der Waals surface area contributed by atoms with E-state index in [1.165, 1.54) is 19.2 Å². The van der Waals surface area contributed by atoms with Crippen LogP contribution in [0.15, 0.2) is 24.3 Å². The molecule has 1 saturated heterocycles. The van der Waals surface area contributed by atoms with Gasteiger partial charge < -0.3 is 24.8 Å². The Labute approximate surface area is 131 Å². The third-order valence-electron chi connectivity index (χ3n) is 4.20. The van der Waals surface area contributed by atoms with E-state index in [1.807, 2.05) is 0 Å². The average molecular weight is 323 g/mol. The summed E-state index contributed by atoms with van der Waals surface area (Å²) in [4.78, 5) is 25.9. The van der Waals surface area contributed by atoms with Gasteiger partial charge in [-0.15, -0.1) is 0 Å². The van der Waals surface area contributed by atoms with Gasteiger partial charge in [-0.25, -0.2) is 0 Å². The smallest absolute Gasteiger partial charge is 0.262 e. The summed E-state index contributed by atoms with van der Waals surface area (Å²) in [5, 5.41) is 29.6. The van der Waals surface area contributed by atoms with Gasteiger partial charge in [0.1, 0.15) is 24.4 Å². The number of aliphatic hydroxyl groups excluding tert-OH is 3. The molecule has 0 saturated carbocycles. The van der Waals surface area contributed by atoms with Crippen molar-refractivity contribution < 1.29 is 34.4 Å². The summed E-state index contributed by atoms with van der Waals surface area (Å²) < 4.78 is 10.5. The lowest BCUT2D eigenvalue weighted by Crippen LogP contribution is -2.65. The Balaban J connectivity index is 1.97. The molecule has 0 bridgehead atoms. The lowest BCUT2D eigenvalue weighted by molar-refractivity contribution is -0.272. The number of fused-ring (bicyclic) bond motifs is 1. The van der Waals surface area contributed by atoms with E-state index in [-0.39, 0.29) is 11.1 Å². The van der Waals surface area contributed by atoms with Gasteiger partial charge in [-0.2, -0.15) is 0 Å². The molecule has 1 aromatic rings. The second kappa shape index (κ2) is 5.99. The zero-order valence-electron chi connectivity index (χ0n) is 12.3. The van der Waals surface area contributed by atoms with Crippen LogP contribution in [0.5, 0.6) is 0 Å². The van der Waals surface area contributed by atoms with Gasteiger partial charge in [0.15, 0.2) is 6.29 Å². The molecule has 2 aliphatic heterocycles. The second-order valence-corrected chi connectivity index (χ2v) is 5.46. The number of nitrogens with zero attached hydrogens (tertiary/aromatic N) is 1. The molecule has 0 aromatic heterocycles. The largest absolute Gasteiger partial charge is 0.394 e. The molecule has 2 aliphatic rings. The average Bonchev–Trinajstić information content (AvgIpc) is 2.82. The van der Waals surface area contributed by atoms with Gasteiger partial charge in [-0.05, 0) is 12.1 Å². The number of benzene rings is 1. The molecule has 2 heterocycles. The molecule has 124 valence electrons. The molecule has 0 unspecified atom stereocenters. The van der Waals surface area contributed by atoms with Gasteiger partial charge in [0.2, 0.25) is 0 Å². The van der Waals surface area contributed by atoms with Crippen molar-refractivity contribution in [3.63, 3.8) is 0 Å². The summed E-state index contributed by atoms with van der Waals surface area (Å²) in [7, 11) is 1.29. The van der Waals surface area contributed by atoms with E-state index in [4.69, 9.17) is 9.47 Å². The van der Waals surface area contributed by atoms with Crippen molar-refractivity contribution in [2.24, 2.45) is 0 Å². The quantitative estimate of drug-likeness (QED) is 0.594. The third-order valence-corrected chi connectivity index (χ3v) is 4.20. The normalized spacial score (nSPS) is 33.9. The number of hydrogen-bond acceptors (Lipinski definition) is 7. The number of ether oxygens (including phenoxy) is 2. The minimum Gasteiger partial charge on any atom is -0.394 e. The van der Waals surface area contributed by atoms with Crippen molar-refractivity contribution in [1.29, 1.82) is 0 Å². The predicted molar refractivity (Wildman–Crippen MR) is 75.5 cm³/mol. The minimum absolute atomic E-state index is 0.221. The first-order chi connectivity index (χ1) is 11.0. The number of aliphatic hydroxyl groups is 3. The molecule has 3 N–H and O–H groups in total. The summed E-state index contributed by atoms with van der Waals surface area (Å²) >= 11 is 0. The van der Waals surface area contributed by atoms with E-state index < -0.39 is 49.1 Å². The van der Waals surface area contributed by atoms with Crippen molar-refractivity contribution >= 4 is 11.8 Å². The number of rotatable bonds is 3. The van der Waals surface area contributed by atoms with Gasteiger partial charge >= 0.3 is 0 Å². The number of carbonyl (C=O) groups excluding carboxylic acids is 2. The van der Waals surface area contributed by atoms with Gasteiger partial charge in [-0.3, -0.25) is 14.5 Å². The van der Waals surface area contributed by atoms with Crippen LogP contribution in [-0.2, 0) is 9.47 Å². The molecule has 0 radical (unpaired) electrons. The van der Waals surface area contributed by atoms with Crippen LogP contribution in [-0.4, -0.2) is 76.4 Å². The van der Waals surface area contributed by atoms with Crippen molar-refractivity contribution in [3.8, 4) is 0 Å². The molecule has 2 amide bonds. The highest BCUT2D eigenvalue weighted by Gasteiger charge is 2.52. The second-order valence-electron chi connectivity index (χ2n) is 5.46. The highest BCUT2D eigenvalue weighted by molar-refractivity contribution is 6.21. The van der Waals surface area contributed by atoms with Crippen LogP contribution < -0.4 is 0 Å². The van der Waals surface area contributed by atoms with Crippen molar-refractivity contribution in [2.75, 3.05) is 13.7 Å². The molecular weight excluding hydrogens is 306 g/mol. The number of imide groups is 1. The maximum Gasteiger partial charge on any atom is 0.262 e. The number of hydrogen-bond donors (Lipinski definition) is 3. The molecule has 23 heavy (non-hydrogen) atoms. The summed E-state index contributed by atoms with van der Waals surface area (Å²) in [6.07, 6.45) is -5.19. The van der Waals surface area contributed by atoms with Gasteiger partial charge in [0, 0.05) is 7.11 Å². The SMILES string of the molecule is CO[C@@H]1O[C@@H](CO)[C@@H](O)[C@@H](O)[C@@H]1N1C(=O)c2ccccc2C1=O. The molecule has 1 aromatic carbocycles. The molecule has 5 atom stereocenters. The Kier molecular flexibility index (Phi) is 4.17. The van der Waals surface area contributed by atoms with E-state index in [0.717, 1.165) is 4.90 Å². The van der Waals surface area contributed by atoms with Crippen LogP contribution in [0.3, 0.4) is 0 Å². The molecule has 8 heteroatoms. The highest BCUT2D eigenvalue weighted by Crippen LogP contribution is 2.32. The topological polar surface area (TPSA) is 117 Å². The maximum atomic E-state index is 12.5. The van der Waals surface area contributed by atoms with Gasteiger partial charge in [-0.1, -0.05) is 12.1 Å². The van der Waals surface area contributed by atoms with E-state index in [9.17, 15) is 24.9 Å². The van der Waals surface area contributed by atoms with E-state index in [2.05, 4.69) is 0 Å². The van der Waals surface area contributed by atoms with E-state index in [0.29, 0.717) is 0 Å². The van der Waals surface area contributed by atoms with Gasteiger partial charge in [0.05, 0.1) is 17.7 Å². The zero-order chi connectivity index (χ0) is 16.7. The van der Waals surface area contributed by atoms with Crippen LogP contribution in [0.4, 0.5) is 0 Å². The first-order valence-electron chi connectivity index (χ1n) is 7.13. The zero-order valence-corrected chi connectivity index (χ0v) is 12.3. The highest BCUT2D eigenvalue weighted by atomic mass is 16.7. The summed E-state index contributed by atoms with van der Waals surface area (Å²) in [5.41, 5.74) is 0.441. The molecule has 0 spiro atoms. The number of carbonyl (C=O) groups is 2. The Morgan fingerprint density at radius 3 is 2.17 bits per heavy atom. The molecule has 0 aliphatic carbocycles. The Morgan fingerprint density at radius 2 is 1.70 bits per heavy atom. The Morgan fingerprint density at radius 1 is 1.13 bits per heavy atom. The first kappa shape index (κ1) is 16.0. The lowest BCUT2D eigenvalue weighted by atomic mass is 9.95. The monoisotopic (exact) mass is 323 g/mol. The van der Waals surface area contributed by atoms with Crippen LogP contribution in [0.1, 0.15) is 20.7 Å². The van der Waals surface area contributed by atoms with Gasteiger partial charge in [0.25, 0.3) is 11.8 Å². The fraction of sp³-hybridized carbons (Fsp3) is 0.467.